The van der Waals surface area contributed by atoms with Crippen LogP contribution in [0.2, 0.25) is 0 Å². The van der Waals surface area contributed by atoms with E-state index in [1.807, 2.05) is 13.8 Å². The van der Waals surface area contributed by atoms with Crippen molar-refractivity contribution in [3.05, 3.63) is 106 Å². The molecule has 0 atom stereocenters. The topological polar surface area (TPSA) is 81.1 Å². The lowest BCUT2D eigenvalue weighted by Crippen LogP contribution is -2.53. The van der Waals surface area contributed by atoms with Gasteiger partial charge in [0.2, 0.25) is 0 Å². The summed E-state index contributed by atoms with van der Waals surface area (Å²) in [4.78, 5) is 18.5. The molecule has 0 bridgehead atoms. The van der Waals surface area contributed by atoms with Crippen molar-refractivity contribution in [1.82, 2.24) is 9.55 Å². The van der Waals surface area contributed by atoms with Crippen LogP contribution >= 0.6 is 0 Å². The summed E-state index contributed by atoms with van der Waals surface area (Å²) in [5.41, 5.74) is -0.0495. The largest absolute Gasteiger partial charge is 0.430 e. The lowest BCUT2D eigenvalue weighted by Gasteiger charge is -2.32. The molecule has 5 nitrogen and oxygen atoms in total. The van der Waals surface area contributed by atoms with Gasteiger partial charge in [-0.25, -0.2) is 4.98 Å². The van der Waals surface area contributed by atoms with Gasteiger partial charge in [0, 0.05) is 17.5 Å². The summed E-state index contributed by atoms with van der Waals surface area (Å²) in [6.07, 6.45) is -10.7. The van der Waals surface area contributed by atoms with Crippen LogP contribution < -0.4 is 11.3 Å². The van der Waals surface area contributed by atoms with E-state index in [0.29, 0.717) is 36.1 Å². The van der Waals surface area contributed by atoms with E-state index < -0.39 is 34.6 Å². The Morgan fingerprint density at radius 2 is 1.48 bits per heavy atom. The highest BCUT2D eigenvalue weighted by Crippen LogP contribution is 2.50. The zero-order valence-electron chi connectivity index (χ0n) is 22.6. The van der Waals surface area contributed by atoms with E-state index in [1.165, 1.54) is 6.07 Å². The fourth-order valence-corrected chi connectivity index (χ4v) is 4.44. The van der Waals surface area contributed by atoms with Crippen LogP contribution in [0.5, 0.6) is 0 Å². The van der Waals surface area contributed by atoms with Crippen LogP contribution in [0.15, 0.2) is 77.6 Å². The summed E-state index contributed by atoms with van der Waals surface area (Å²) in [6.45, 7) is 3.82. The molecule has 0 radical (unpaired) electrons. The fraction of sp³-hybridized carbons (Fsp3) is 0.290. The van der Waals surface area contributed by atoms with Crippen LogP contribution in [0, 0.1) is 11.8 Å². The highest BCUT2D eigenvalue weighted by molar-refractivity contribution is 5.80. The lowest BCUT2D eigenvalue weighted by atomic mass is 9.92. The molecule has 0 amide bonds. The average molecular weight is 588 g/mol. The highest BCUT2D eigenvalue weighted by atomic mass is 19.4. The van der Waals surface area contributed by atoms with Gasteiger partial charge in [0.1, 0.15) is 5.82 Å². The van der Waals surface area contributed by atoms with Gasteiger partial charge in [-0.1, -0.05) is 68.2 Å². The van der Waals surface area contributed by atoms with Crippen molar-refractivity contribution in [3.63, 3.8) is 0 Å². The third-order valence-corrected chi connectivity index (χ3v) is 7.22. The molecule has 0 spiro atoms. The molecular weight excluding hydrogens is 560 g/mol. The predicted octanol–water partition coefficient (Wildman–Crippen LogP) is 6.16. The van der Waals surface area contributed by atoms with Crippen LogP contribution in [0.25, 0.3) is 16.6 Å². The molecule has 0 aliphatic rings. The van der Waals surface area contributed by atoms with Gasteiger partial charge in [-0.3, -0.25) is 9.36 Å². The number of halogens is 6. The van der Waals surface area contributed by atoms with Gasteiger partial charge in [-0.15, -0.1) is 0 Å². The molecule has 0 aliphatic heterocycles. The standard InChI is InChI=1S/C31H27F6N3O2/c1-3-28(38,4-2)17-16-21-10-15-25-24(18-21)27(41)40(26(39-25)19-20-8-6-5-7-9-20)23-13-11-22(12-14-23)29(42,30(32,33)34)31(35,36)37/h5-15,18,42H,3-4,19,38H2,1-2H3. The van der Waals surface area contributed by atoms with E-state index >= 15 is 0 Å². The smallest absolute Gasteiger partial charge is 0.369 e. The molecule has 0 fully saturated rings. The van der Waals surface area contributed by atoms with Gasteiger partial charge < -0.3 is 10.8 Å². The highest BCUT2D eigenvalue weighted by Gasteiger charge is 2.71. The maximum atomic E-state index is 13.8. The molecule has 0 saturated heterocycles. The van der Waals surface area contributed by atoms with E-state index in [9.17, 15) is 36.2 Å². The Morgan fingerprint density at radius 1 is 0.881 bits per heavy atom. The monoisotopic (exact) mass is 587 g/mol. The number of nitrogens with zero attached hydrogens (tertiary/aromatic N) is 2. The Bertz CT molecular complexity index is 1680. The Hall–Kier alpha value is -4.14. The first kappa shape index (κ1) is 30.8. The quantitative estimate of drug-likeness (QED) is 0.209. The predicted molar refractivity (Wildman–Crippen MR) is 147 cm³/mol. The van der Waals surface area contributed by atoms with Crippen molar-refractivity contribution < 1.29 is 31.4 Å². The van der Waals surface area contributed by atoms with Crippen LogP contribution in [0.1, 0.15) is 49.2 Å². The second-order valence-corrected chi connectivity index (χ2v) is 9.93. The average Bonchev–Trinajstić information content (AvgIpc) is 2.95. The molecule has 4 rings (SSSR count). The van der Waals surface area contributed by atoms with Crippen molar-refractivity contribution in [1.29, 1.82) is 0 Å². The van der Waals surface area contributed by atoms with E-state index in [1.54, 1.807) is 42.5 Å². The molecule has 1 heterocycles. The molecule has 3 aromatic carbocycles. The van der Waals surface area contributed by atoms with Crippen molar-refractivity contribution in [3.8, 4) is 17.5 Å². The van der Waals surface area contributed by atoms with Gasteiger partial charge in [0.25, 0.3) is 11.2 Å². The summed E-state index contributed by atoms with van der Waals surface area (Å²) < 4.78 is 81.6. The molecule has 220 valence electrons. The molecule has 0 saturated carbocycles. The first-order valence-corrected chi connectivity index (χ1v) is 13.0. The van der Waals surface area contributed by atoms with Crippen LogP contribution in [-0.2, 0) is 12.0 Å². The van der Waals surface area contributed by atoms with Crippen molar-refractivity contribution in [2.24, 2.45) is 5.73 Å². The number of hydrogen-bond acceptors (Lipinski definition) is 4. The molecule has 4 aromatic rings. The molecule has 1 aromatic heterocycles. The molecular formula is C31H27F6N3O2. The maximum Gasteiger partial charge on any atom is 0.430 e. The molecule has 0 unspecified atom stereocenters. The minimum Gasteiger partial charge on any atom is -0.369 e. The first-order chi connectivity index (χ1) is 19.6. The van der Waals surface area contributed by atoms with Gasteiger partial charge in [-0.2, -0.15) is 26.3 Å². The summed E-state index contributed by atoms with van der Waals surface area (Å²) in [5.74, 6) is 6.20. The molecule has 42 heavy (non-hydrogen) atoms. The number of aromatic nitrogens is 2. The summed E-state index contributed by atoms with van der Waals surface area (Å²) in [5, 5.41) is 9.92. The van der Waals surface area contributed by atoms with E-state index in [0.717, 1.165) is 22.3 Å². The zero-order valence-corrected chi connectivity index (χ0v) is 22.6. The number of aliphatic hydroxyl groups is 1. The summed E-state index contributed by atoms with van der Waals surface area (Å²) in [7, 11) is 0. The van der Waals surface area contributed by atoms with Crippen LogP contribution in [-0.4, -0.2) is 32.5 Å². The van der Waals surface area contributed by atoms with E-state index in [2.05, 4.69) is 16.8 Å². The number of benzene rings is 3. The normalized spacial score (nSPS) is 12.7. The minimum atomic E-state index is -6.04. The van der Waals surface area contributed by atoms with Gasteiger partial charge in [0.05, 0.1) is 22.1 Å². The van der Waals surface area contributed by atoms with Crippen molar-refractivity contribution in [2.45, 2.75) is 56.6 Å². The van der Waals surface area contributed by atoms with Crippen molar-refractivity contribution >= 4 is 10.9 Å². The Balaban J connectivity index is 1.91. The first-order valence-electron chi connectivity index (χ1n) is 13.0. The Kier molecular flexibility index (Phi) is 8.27. The summed E-state index contributed by atoms with van der Waals surface area (Å²) in [6, 6.07) is 16.6. The number of rotatable bonds is 6. The lowest BCUT2D eigenvalue weighted by molar-refractivity contribution is -0.376. The number of alkyl halides is 6. The SMILES string of the molecule is CCC(N)(C#Cc1ccc2nc(Cc3ccccc3)n(-c3ccc(C(O)(C(F)(F)F)C(F)(F)F)cc3)c(=O)c2c1)CC. The van der Waals surface area contributed by atoms with Crippen LogP contribution in [0.3, 0.4) is 0 Å². The second kappa shape index (κ2) is 11.3. The molecule has 3 N–H and O–H groups in total. The number of hydrogen-bond donors (Lipinski definition) is 2. The Morgan fingerprint density at radius 3 is 2.02 bits per heavy atom. The zero-order chi connectivity index (χ0) is 30.9. The van der Waals surface area contributed by atoms with E-state index in [4.69, 9.17) is 5.73 Å². The van der Waals surface area contributed by atoms with Crippen LogP contribution in [0.4, 0.5) is 26.3 Å². The van der Waals surface area contributed by atoms with Gasteiger partial charge in [-0.05, 0) is 48.7 Å². The Labute approximate surface area is 237 Å². The number of nitrogens with two attached hydrogens (primary N) is 1. The minimum absolute atomic E-state index is 0.0368. The number of fused-ring (bicyclic) bond motifs is 1. The third-order valence-electron chi connectivity index (χ3n) is 7.22. The second-order valence-electron chi connectivity index (χ2n) is 9.93. The molecule has 0 aliphatic carbocycles. The third kappa shape index (κ3) is 5.78. The summed E-state index contributed by atoms with van der Waals surface area (Å²) >= 11 is 0. The van der Waals surface area contributed by atoms with Crippen molar-refractivity contribution in [2.75, 3.05) is 0 Å². The maximum absolute atomic E-state index is 13.8. The van der Waals surface area contributed by atoms with Gasteiger partial charge in [0.15, 0.2) is 0 Å². The molecule has 11 heteroatoms. The fourth-order valence-electron chi connectivity index (χ4n) is 4.44. The van der Waals surface area contributed by atoms with Gasteiger partial charge >= 0.3 is 12.4 Å². The van der Waals surface area contributed by atoms with E-state index in [-0.39, 0.29) is 23.3 Å².